The molecule has 3 saturated carbocycles. The molecule has 29 nitrogen and oxygen atoms in total. The Bertz CT molecular complexity index is 2540. The van der Waals surface area contributed by atoms with Crippen LogP contribution < -0.4 is 0 Å². The lowest BCUT2D eigenvalue weighted by Crippen LogP contribution is -2.70. The number of carbonyl (C=O) groups excluding carboxylic acids is 1. The molecular formula is C58H96O29S. The van der Waals surface area contributed by atoms with Crippen molar-refractivity contribution in [2.45, 2.75) is 292 Å². The quantitative estimate of drug-likeness (QED) is 0.0377. The number of rotatable bonds is 18. The highest BCUT2D eigenvalue weighted by atomic mass is 32.3. The number of ketones is 1. The van der Waals surface area contributed by atoms with Crippen molar-refractivity contribution in [2.24, 2.45) is 46.3 Å². The lowest BCUT2D eigenvalue weighted by molar-refractivity contribution is -0.432. The van der Waals surface area contributed by atoms with Crippen LogP contribution in [0.2, 0.25) is 0 Å². The van der Waals surface area contributed by atoms with Gasteiger partial charge in [-0.3, -0.25) is 9.35 Å². The van der Waals surface area contributed by atoms with E-state index in [1.54, 1.807) is 6.92 Å². The lowest BCUT2D eigenvalue weighted by atomic mass is 9.47. The van der Waals surface area contributed by atoms with E-state index in [0.717, 1.165) is 5.57 Å². The van der Waals surface area contributed by atoms with E-state index < -0.39 is 205 Å². The van der Waals surface area contributed by atoms with Crippen molar-refractivity contribution in [1.29, 1.82) is 0 Å². The van der Waals surface area contributed by atoms with Gasteiger partial charge in [0, 0.05) is 12.3 Å². The monoisotopic (exact) mass is 1290 g/mol. The summed E-state index contributed by atoms with van der Waals surface area (Å²) in [5.74, 6) is -4.52. The van der Waals surface area contributed by atoms with Crippen LogP contribution in [0.15, 0.2) is 11.6 Å². The number of aliphatic hydroxyl groups is 14. The van der Waals surface area contributed by atoms with Gasteiger partial charge < -0.3 is 119 Å². The molecule has 15 N–H and O–H groups in total. The summed E-state index contributed by atoms with van der Waals surface area (Å²) in [5, 5.41) is 158. The van der Waals surface area contributed by atoms with Crippen molar-refractivity contribution in [3.63, 3.8) is 0 Å². The second-order valence-corrected chi connectivity index (χ2v) is 28.7. The molecule has 508 valence electrons. The fourth-order valence-electron chi connectivity index (χ4n) is 16.0. The molecule has 4 aliphatic carbocycles. The molecule has 0 radical (unpaired) electrons. The molecule has 30 heteroatoms. The van der Waals surface area contributed by atoms with Gasteiger partial charge in [-0.1, -0.05) is 46.3 Å². The van der Waals surface area contributed by atoms with Crippen LogP contribution in [0.1, 0.15) is 121 Å². The highest BCUT2D eigenvalue weighted by Gasteiger charge is 2.65. The molecule has 0 aromatic rings. The summed E-state index contributed by atoms with van der Waals surface area (Å²) < 4.78 is 101. The van der Waals surface area contributed by atoms with E-state index in [-0.39, 0.29) is 61.1 Å². The van der Waals surface area contributed by atoms with E-state index in [2.05, 4.69) is 13.0 Å². The van der Waals surface area contributed by atoms with Crippen LogP contribution in [0.5, 0.6) is 0 Å². The minimum Gasteiger partial charge on any atom is -0.394 e. The van der Waals surface area contributed by atoms with Gasteiger partial charge in [0.2, 0.25) is 5.79 Å². The fraction of sp³-hybridized carbons (Fsp3) is 0.948. The number of ether oxygens (including phenoxy) is 10. The van der Waals surface area contributed by atoms with Crippen LogP contribution in [-0.4, -0.2) is 268 Å². The first kappa shape index (κ1) is 70.6. The third kappa shape index (κ3) is 13.4. The van der Waals surface area contributed by atoms with Gasteiger partial charge in [0.05, 0.1) is 42.7 Å². The molecule has 5 heterocycles. The van der Waals surface area contributed by atoms with Crippen LogP contribution in [0.25, 0.3) is 0 Å². The zero-order chi connectivity index (χ0) is 65.0. The third-order valence-electron chi connectivity index (χ3n) is 21.6. The number of carbonyl (C=O) groups is 1. The molecule has 0 spiro atoms. The minimum absolute atomic E-state index is 0.0263. The Kier molecular flexibility index (Phi) is 21.3. The molecule has 34 atom stereocenters. The number of hydrogen-bond donors (Lipinski definition) is 15. The van der Waals surface area contributed by atoms with Crippen molar-refractivity contribution in [1.82, 2.24) is 0 Å². The van der Waals surface area contributed by atoms with E-state index in [1.807, 2.05) is 27.7 Å². The number of allylic oxidation sites excluding steroid dienone is 2. The molecule has 9 rings (SSSR count). The van der Waals surface area contributed by atoms with Gasteiger partial charge in [-0.2, -0.15) is 8.42 Å². The Morgan fingerprint density at radius 3 is 1.76 bits per heavy atom. The zero-order valence-electron chi connectivity index (χ0n) is 51.2. The average molecular weight is 1290 g/mol. The van der Waals surface area contributed by atoms with Crippen LogP contribution in [0.3, 0.4) is 0 Å². The van der Waals surface area contributed by atoms with Gasteiger partial charge >= 0.3 is 10.4 Å². The van der Waals surface area contributed by atoms with Crippen molar-refractivity contribution < 1.29 is 141 Å². The highest BCUT2D eigenvalue weighted by Crippen LogP contribution is 2.67. The van der Waals surface area contributed by atoms with Crippen LogP contribution in [-0.2, 0) is 66.7 Å². The van der Waals surface area contributed by atoms with Crippen molar-refractivity contribution in [2.75, 3.05) is 6.61 Å². The number of fused-ring (bicyclic) bond motifs is 5. The maximum Gasteiger partial charge on any atom is 0.397 e. The molecule has 5 aliphatic heterocycles. The Morgan fingerprint density at radius 1 is 0.648 bits per heavy atom. The van der Waals surface area contributed by atoms with Gasteiger partial charge in [-0.25, -0.2) is 4.18 Å². The summed E-state index contributed by atoms with van der Waals surface area (Å²) in [7, 11) is -4.93. The van der Waals surface area contributed by atoms with E-state index >= 15 is 0 Å². The van der Waals surface area contributed by atoms with Crippen molar-refractivity contribution in [3.8, 4) is 0 Å². The summed E-state index contributed by atoms with van der Waals surface area (Å²) in [6.07, 6.45) is -40.5. The molecule has 9 aliphatic rings. The van der Waals surface area contributed by atoms with E-state index in [9.17, 15) is 89.3 Å². The lowest BCUT2D eigenvalue weighted by Gasteiger charge is -2.60. The molecule has 3 unspecified atom stereocenters. The maximum absolute atomic E-state index is 13.6. The van der Waals surface area contributed by atoms with E-state index in [1.165, 1.54) is 27.7 Å². The zero-order valence-corrected chi connectivity index (χ0v) is 52.1. The highest BCUT2D eigenvalue weighted by molar-refractivity contribution is 7.80. The second kappa shape index (κ2) is 26.5. The Labute approximate surface area is 511 Å². The largest absolute Gasteiger partial charge is 0.397 e. The van der Waals surface area contributed by atoms with Gasteiger partial charge in [-0.15, -0.1) is 0 Å². The molecule has 0 aromatic carbocycles. The van der Waals surface area contributed by atoms with E-state index in [4.69, 9.17) is 51.6 Å². The first-order chi connectivity index (χ1) is 40.9. The Balaban J connectivity index is 1.01. The van der Waals surface area contributed by atoms with Crippen LogP contribution in [0, 0.1) is 46.3 Å². The molecule has 8 fully saturated rings. The molecule has 5 saturated heterocycles. The molecular weight excluding hydrogens is 1190 g/mol. The molecule has 0 amide bonds. The van der Waals surface area contributed by atoms with E-state index in [0.29, 0.717) is 25.7 Å². The standard InChI is InChI=1S/C58H96O29S/c1-21(2)22(3)32(60)19-57(10,71)35-12-11-29-28-18-33(31-17-27(87-88(74,75)76)13-15-55(31,8)30(28)14-16-56(29,35)9)81-52-45(70)49(58(72,73)26(7)80-52)86-53-48(85-51-43(68)40(65)37(62)24(5)78-51)44(69)46(25(6)79-53)83-54-47(41(66)38(63)34(20-59)82-54)84-50-42(67)39(64)36(61)23(4)77-50/h14,21-29,31,33-54,59,61-73H,11-13,15-20H2,1-10H3,(H,74,75,76)/t22-,23+,24+,25+,26+,27-,28?,29?,31?,33-,34+,35-,36-,37+,38-,39-,40-,41-,42+,43+,44-,45+,46+,47+,48+,49+,50-,51-,52-,53-,54-,55+,56-,57-/m0/s1. The van der Waals surface area contributed by atoms with Gasteiger partial charge in [0.1, 0.15) is 103 Å². The van der Waals surface area contributed by atoms with Gasteiger partial charge in [0.15, 0.2) is 31.5 Å². The predicted octanol–water partition coefficient (Wildman–Crippen LogP) is -2.72. The molecule has 0 aromatic heterocycles. The van der Waals surface area contributed by atoms with Gasteiger partial charge in [-0.05, 0) is 120 Å². The summed E-state index contributed by atoms with van der Waals surface area (Å²) >= 11 is 0. The van der Waals surface area contributed by atoms with Crippen LogP contribution in [0.4, 0.5) is 0 Å². The van der Waals surface area contributed by atoms with Gasteiger partial charge in [0.25, 0.3) is 0 Å². The second-order valence-electron chi connectivity index (χ2n) is 27.6. The normalized spacial score (nSPS) is 50.9. The smallest absolute Gasteiger partial charge is 0.394 e. The van der Waals surface area contributed by atoms with Crippen molar-refractivity contribution >= 4 is 16.2 Å². The summed E-state index contributed by atoms with van der Waals surface area (Å²) in [6.45, 7) is 16.1. The molecule has 0 bridgehead atoms. The summed E-state index contributed by atoms with van der Waals surface area (Å²) in [5.41, 5.74) is -1.47. The number of Topliss-reactive ketones (excluding diaryl/α,β-unsaturated/α-hetero) is 1. The predicted molar refractivity (Wildman–Crippen MR) is 296 cm³/mol. The fourth-order valence-corrected chi connectivity index (χ4v) is 16.5. The third-order valence-corrected chi connectivity index (χ3v) is 22.1. The minimum atomic E-state index is -4.93. The SMILES string of the molecule is CC(C)[C@H](C)C(=O)C[C@](C)(O)[C@H]1CCC2C3C[C@H](O[C@@H]4O[C@H](C)C(O)(O)[C@H](O[C@@H]5O[C@H](C)[C@@H](O[C@@H]6O[C@H](CO)[C@H](O)[C@H](O)[C@H]6O[C@@H]6O[C@H](C)[C@H](O)[C@H](O)[C@H]6O)[C@H](O)[C@H]5O[C@@H]5O[C@H](C)[C@@H](O)[C@H](O)[C@H]5O)[C@H]4O)C4C[C@@H](OS(=O)(=O)O)CC[C@]4(C)C3=CC[C@@]21C. The van der Waals surface area contributed by atoms with Crippen molar-refractivity contribution in [3.05, 3.63) is 11.6 Å². The van der Waals surface area contributed by atoms with Crippen LogP contribution >= 0.6 is 0 Å². The Morgan fingerprint density at radius 2 is 1.19 bits per heavy atom. The maximum atomic E-state index is 13.6. The summed E-state index contributed by atoms with van der Waals surface area (Å²) in [6, 6.07) is 0. The first-order valence-corrected chi connectivity index (χ1v) is 32.2. The average Bonchev–Trinajstić information content (AvgIpc) is 1.79. The Hall–Kier alpha value is -1.68. The summed E-state index contributed by atoms with van der Waals surface area (Å²) in [4.78, 5) is 13.6. The number of aliphatic hydroxyl groups excluding tert-OH is 11. The first-order valence-electron chi connectivity index (χ1n) is 30.9. The topological polar surface area (TPSA) is 456 Å². The number of hydrogen-bond acceptors (Lipinski definition) is 28. The molecule has 88 heavy (non-hydrogen) atoms.